The molecule has 0 bridgehead atoms. The highest BCUT2D eigenvalue weighted by atomic mass is 79.9. The Balaban J connectivity index is 1.88. The number of aromatic nitrogens is 2. The lowest BCUT2D eigenvalue weighted by Crippen LogP contribution is -2.25. The summed E-state index contributed by atoms with van der Waals surface area (Å²) in [6.07, 6.45) is 6.27. The minimum atomic E-state index is -0.787. The Morgan fingerprint density at radius 1 is 1.23 bits per heavy atom. The molecule has 4 rings (SSSR count). The molecular weight excluding hydrogens is 586 g/mol. The van der Waals surface area contributed by atoms with Crippen molar-refractivity contribution in [3.63, 3.8) is 0 Å². The molecule has 1 amide bonds. The maximum Gasteiger partial charge on any atom is 0.312 e. The lowest BCUT2D eigenvalue weighted by atomic mass is 9.88. The molecule has 1 aromatic heterocycles. The van der Waals surface area contributed by atoms with Gasteiger partial charge in [-0.1, -0.05) is 51.1 Å². The molecular formula is C23H21Br2N5O5. The van der Waals surface area contributed by atoms with Gasteiger partial charge in [-0.3, -0.25) is 19.7 Å². The summed E-state index contributed by atoms with van der Waals surface area (Å²) in [6, 6.07) is 8.10. The van der Waals surface area contributed by atoms with E-state index >= 15 is 0 Å². The fraction of sp³-hybridized carbons (Fsp3) is 0.304. The lowest BCUT2D eigenvalue weighted by Gasteiger charge is -2.22. The van der Waals surface area contributed by atoms with Crippen molar-refractivity contribution >= 4 is 60.6 Å². The molecule has 1 fully saturated rings. The quantitative estimate of drug-likeness (QED) is 0.236. The second-order valence-electron chi connectivity index (χ2n) is 8.18. The van der Waals surface area contributed by atoms with Crippen molar-refractivity contribution in [3.8, 4) is 5.75 Å². The van der Waals surface area contributed by atoms with Crippen LogP contribution in [0.1, 0.15) is 49.4 Å². The molecule has 2 N–H and O–H groups in total. The van der Waals surface area contributed by atoms with E-state index < -0.39 is 17.4 Å². The first-order chi connectivity index (χ1) is 16.7. The zero-order valence-electron chi connectivity index (χ0n) is 18.4. The van der Waals surface area contributed by atoms with Gasteiger partial charge in [0, 0.05) is 26.5 Å². The van der Waals surface area contributed by atoms with E-state index in [1.165, 1.54) is 17.0 Å². The fourth-order valence-corrected chi connectivity index (χ4v) is 4.98. The van der Waals surface area contributed by atoms with E-state index in [0.29, 0.717) is 21.2 Å². The highest BCUT2D eigenvalue weighted by molar-refractivity contribution is 9.10. The number of nitrogens with zero attached hydrogens (tertiary/aromatic N) is 4. The van der Waals surface area contributed by atoms with Crippen molar-refractivity contribution < 1.29 is 14.5 Å². The summed E-state index contributed by atoms with van der Waals surface area (Å²) < 4.78 is 7.75. The molecule has 0 radical (unpaired) electrons. The number of ether oxygens (including phenoxy) is 1. The summed E-state index contributed by atoms with van der Waals surface area (Å²) in [5, 5.41) is 16.4. The number of carbonyl (C=O) groups is 1. The van der Waals surface area contributed by atoms with Crippen LogP contribution in [0.15, 0.2) is 49.2 Å². The Morgan fingerprint density at radius 2 is 1.97 bits per heavy atom. The van der Waals surface area contributed by atoms with Crippen LogP contribution in [0.2, 0.25) is 0 Å². The van der Waals surface area contributed by atoms with E-state index in [9.17, 15) is 19.7 Å². The Labute approximate surface area is 216 Å². The second kappa shape index (κ2) is 10.6. The minimum absolute atomic E-state index is 0.0593. The van der Waals surface area contributed by atoms with Crippen LogP contribution in [-0.2, 0) is 4.79 Å². The van der Waals surface area contributed by atoms with Gasteiger partial charge in [0.2, 0.25) is 5.75 Å². The number of carbonyl (C=O) groups excluding carboxylic acids is 1. The summed E-state index contributed by atoms with van der Waals surface area (Å²) in [4.78, 5) is 40.5. The first-order valence-electron chi connectivity index (χ1n) is 10.9. The first-order valence-corrected chi connectivity index (χ1v) is 12.5. The van der Waals surface area contributed by atoms with Gasteiger partial charge in [-0.2, -0.15) is 9.78 Å². The molecule has 3 aromatic rings. The van der Waals surface area contributed by atoms with Crippen LogP contribution in [0, 0.1) is 10.1 Å². The monoisotopic (exact) mass is 605 g/mol. The number of nitrogens with two attached hydrogens (primary N) is 1. The van der Waals surface area contributed by atoms with Gasteiger partial charge in [0.05, 0.1) is 22.0 Å². The summed E-state index contributed by atoms with van der Waals surface area (Å²) in [7, 11) is 0. The van der Waals surface area contributed by atoms with Gasteiger partial charge < -0.3 is 10.5 Å². The number of hydrogen-bond acceptors (Lipinski definition) is 7. The van der Waals surface area contributed by atoms with E-state index in [1.54, 1.807) is 18.2 Å². The van der Waals surface area contributed by atoms with Crippen molar-refractivity contribution in [1.29, 1.82) is 0 Å². The van der Waals surface area contributed by atoms with Crippen molar-refractivity contribution in [3.05, 3.63) is 71.1 Å². The zero-order valence-corrected chi connectivity index (χ0v) is 21.6. The van der Waals surface area contributed by atoms with Crippen molar-refractivity contribution in [2.75, 3.05) is 6.61 Å². The number of nitro groups is 1. The molecule has 0 saturated heterocycles. The Bertz CT molecular complexity index is 1400. The van der Waals surface area contributed by atoms with Gasteiger partial charge in [0.15, 0.2) is 6.61 Å². The van der Waals surface area contributed by atoms with E-state index in [0.717, 1.165) is 36.6 Å². The summed E-state index contributed by atoms with van der Waals surface area (Å²) in [5.41, 5.74) is 5.22. The molecule has 0 spiro atoms. The van der Waals surface area contributed by atoms with Crippen LogP contribution in [-0.4, -0.2) is 33.3 Å². The van der Waals surface area contributed by atoms with E-state index in [2.05, 4.69) is 37.0 Å². The van der Waals surface area contributed by atoms with Gasteiger partial charge in [-0.05, 0) is 37.1 Å². The van der Waals surface area contributed by atoms with Crippen LogP contribution < -0.4 is 16.0 Å². The highest BCUT2D eigenvalue weighted by Gasteiger charge is 2.24. The SMILES string of the molecule is NC(=O)COc1c(C=Nn2c(C3CCCCC3)nc3ccc(Br)cc3c2=O)cc(Br)cc1[N+](=O)[O-]. The number of nitro benzene ring substituents is 1. The predicted molar refractivity (Wildman–Crippen MR) is 138 cm³/mol. The van der Waals surface area contributed by atoms with Crippen LogP contribution in [0.4, 0.5) is 5.69 Å². The first kappa shape index (κ1) is 25.0. The molecule has 12 heteroatoms. The molecule has 0 unspecified atom stereocenters. The molecule has 1 heterocycles. The summed E-state index contributed by atoms with van der Waals surface area (Å²) >= 11 is 6.65. The second-order valence-corrected chi connectivity index (χ2v) is 10.0. The van der Waals surface area contributed by atoms with Crippen molar-refractivity contribution in [1.82, 2.24) is 9.66 Å². The third-order valence-electron chi connectivity index (χ3n) is 5.73. The van der Waals surface area contributed by atoms with E-state index in [4.69, 9.17) is 15.5 Å². The Hall–Kier alpha value is -3.12. The zero-order chi connectivity index (χ0) is 25.1. The molecule has 0 atom stereocenters. The third-order valence-corrected chi connectivity index (χ3v) is 6.69. The van der Waals surface area contributed by atoms with Crippen LogP contribution in [0.3, 0.4) is 0 Å². The maximum absolute atomic E-state index is 13.5. The van der Waals surface area contributed by atoms with Gasteiger partial charge in [-0.15, -0.1) is 0 Å². The standard InChI is InChI=1S/C23H21Br2N5O5/c24-15-6-7-18-17(9-15)23(32)29(22(28-18)13-4-2-1-3-5-13)27-11-14-8-16(25)10-19(30(33)34)21(14)35-12-20(26)31/h6-11,13H,1-5,12H2,(H2,26,31). The molecule has 1 aliphatic carbocycles. The fourth-order valence-electron chi connectivity index (χ4n) is 4.15. The molecule has 1 saturated carbocycles. The average Bonchev–Trinajstić information content (AvgIpc) is 2.83. The van der Waals surface area contributed by atoms with Crippen molar-refractivity contribution in [2.45, 2.75) is 38.0 Å². The van der Waals surface area contributed by atoms with Gasteiger partial charge in [-0.25, -0.2) is 4.98 Å². The van der Waals surface area contributed by atoms with Gasteiger partial charge in [0.1, 0.15) is 5.82 Å². The number of fused-ring (bicyclic) bond motifs is 1. The smallest absolute Gasteiger partial charge is 0.312 e. The summed E-state index contributed by atoms with van der Waals surface area (Å²) in [6.45, 7) is -0.553. The lowest BCUT2D eigenvalue weighted by molar-refractivity contribution is -0.385. The number of benzene rings is 2. The van der Waals surface area contributed by atoms with Crippen molar-refractivity contribution in [2.24, 2.45) is 10.8 Å². The number of hydrogen-bond donors (Lipinski definition) is 1. The Morgan fingerprint density at radius 3 is 2.66 bits per heavy atom. The molecule has 0 aliphatic heterocycles. The molecule has 10 nitrogen and oxygen atoms in total. The minimum Gasteiger partial charge on any atom is -0.476 e. The molecule has 182 valence electrons. The Kier molecular flexibility index (Phi) is 7.60. The average molecular weight is 607 g/mol. The highest BCUT2D eigenvalue weighted by Crippen LogP contribution is 2.35. The largest absolute Gasteiger partial charge is 0.476 e. The van der Waals surface area contributed by atoms with Crippen LogP contribution in [0.5, 0.6) is 5.75 Å². The van der Waals surface area contributed by atoms with Gasteiger partial charge >= 0.3 is 5.69 Å². The topological polar surface area (TPSA) is 143 Å². The van der Waals surface area contributed by atoms with Crippen LogP contribution in [0.25, 0.3) is 10.9 Å². The number of halogens is 2. The predicted octanol–water partition coefficient (Wildman–Crippen LogP) is 4.62. The molecule has 35 heavy (non-hydrogen) atoms. The van der Waals surface area contributed by atoms with Gasteiger partial charge in [0.25, 0.3) is 11.5 Å². The normalized spacial score (nSPS) is 14.5. The number of amides is 1. The van der Waals surface area contributed by atoms with E-state index in [-0.39, 0.29) is 28.5 Å². The summed E-state index contributed by atoms with van der Waals surface area (Å²) in [5.74, 6) is -0.358. The maximum atomic E-state index is 13.5. The molecule has 1 aliphatic rings. The van der Waals surface area contributed by atoms with E-state index in [1.807, 2.05) is 6.07 Å². The molecule has 2 aromatic carbocycles. The third kappa shape index (κ3) is 5.59. The van der Waals surface area contributed by atoms with Crippen LogP contribution >= 0.6 is 31.9 Å². The number of rotatable bonds is 7. The number of primary amides is 1.